The molecule has 8 heteroatoms. The first-order valence-electron chi connectivity index (χ1n) is 22.6. The van der Waals surface area contributed by atoms with Gasteiger partial charge in [-0.05, 0) is 108 Å². The molecule has 0 fully saturated rings. The van der Waals surface area contributed by atoms with Crippen LogP contribution in [-0.4, -0.2) is 28.7 Å². The molecule has 12 aromatic rings. The van der Waals surface area contributed by atoms with Crippen molar-refractivity contribution in [2.24, 2.45) is 0 Å². The first-order chi connectivity index (χ1) is 33.7. The predicted octanol–water partition coefficient (Wildman–Crippen LogP) is 15.0. The van der Waals surface area contributed by atoms with Crippen molar-refractivity contribution in [3.8, 4) is 56.4 Å². The molecule has 0 unspecified atom stereocenters. The van der Waals surface area contributed by atoms with Crippen LogP contribution in [0.15, 0.2) is 255 Å². The van der Waals surface area contributed by atoms with E-state index in [9.17, 15) is 0 Å². The Bertz CT molecular complexity index is 3420. The van der Waals surface area contributed by atoms with E-state index < -0.39 is 0 Å². The third kappa shape index (κ3) is 7.51. The maximum atomic E-state index is 5.07. The van der Waals surface area contributed by atoms with Gasteiger partial charge in [-0.25, -0.2) is 9.97 Å². The van der Waals surface area contributed by atoms with Crippen molar-refractivity contribution < 1.29 is 0 Å². The third-order valence-corrected chi connectivity index (χ3v) is 12.3. The van der Waals surface area contributed by atoms with Gasteiger partial charge >= 0.3 is 0 Å². The molecular weight excluding hydrogens is 833 g/mol. The molecule has 12 rings (SSSR count). The fourth-order valence-electron chi connectivity index (χ4n) is 9.11. The van der Waals surface area contributed by atoms with Crippen LogP contribution in [0.3, 0.4) is 0 Å². The molecule has 6 aromatic heterocycles. The van der Waals surface area contributed by atoms with E-state index in [4.69, 9.17) is 19.9 Å². The topological polar surface area (TPSA) is 66.9 Å². The lowest BCUT2D eigenvalue weighted by molar-refractivity contribution is 1.16. The summed E-state index contributed by atoms with van der Waals surface area (Å²) >= 11 is 0. The van der Waals surface area contributed by atoms with Gasteiger partial charge in [0.25, 0.3) is 0 Å². The molecule has 6 heterocycles. The first kappa shape index (κ1) is 40.1. The molecule has 0 saturated carbocycles. The number of nitrogens with zero attached hydrogens (tertiary/aromatic N) is 8. The number of fused-ring (bicyclic) bond motifs is 2. The van der Waals surface area contributed by atoms with Gasteiger partial charge in [-0.15, -0.1) is 0 Å². The van der Waals surface area contributed by atoms with E-state index in [1.165, 1.54) is 0 Å². The molecule has 0 amide bonds. The van der Waals surface area contributed by atoms with Gasteiger partial charge in [-0.1, -0.05) is 133 Å². The van der Waals surface area contributed by atoms with Crippen LogP contribution < -0.4 is 9.80 Å². The lowest BCUT2D eigenvalue weighted by atomic mass is 10.0. The second kappa shape index (κ2) is 17.5. The van der Waals surface area contributed by atoms with Gasteiger partial charge in [-0.2, -0.15) is 0 Å². The number of pyridine rings is 4. The van der Waals surface area contributed by atoms with E-state index >= 15 is 0 Å². The highest BCUT2D eigenvalue weighted by Crippen LogP contribution is 2.41. The summed E-state index contributed by atoms with van der Waals surface area (Å²) in [5.74, 6) is 0. The lowest BCUT2D eigenvalue weighted by Gasteiger charge is -2.26. The Morgan fingerprint density at radius 3 is 1.04 bits per heavy atom. The zero-order valence-electron chi connectivity index (χ0n) is 36.8. The van der Waals surface area contributed by atoms with Crippen LogP contribution in [0.1, 0.15) is 0 Å². The van der Waals surface area contributed by atoms with Crippen LogP contribution in [0, 0.1) is 0 Å². The molecule has 0 atom stereocenters. The molecule has 8 nitrogen and oxygen atoms in total. The minimum absolute atomic E-state index is 0.831. The second-order valence-corrected chi connectivity index (χ2v) is 16.4. The minimum atomic E-state index is 0.831. The summed E-state index contributed by atoms with van der Waals surface area (Å²) in [6.45, 7) is 0. The quantitative estimate of drug-likeness (QED) is 0.129. The third-order valence-electron chi connectivity index (χ3n) is 12.3. The van der Waals surface area contributed by atoms with Gasteiger partial charge in [0.2, 0.25) is 0 Å². The molecule has 0 aliphatic heterocycles. The summed E-state index contributed by atoms with van der Waals surface area (Å²) in [6.07, 6.45) is 7.89. The van der Waals surface area contributed by atoms with Crippen LogP contribution in [-0.2, 0) is 0 Å². The molecular formula is C60H42N8. The molecule has 0 spiro atoms. The standard InChI is InChI=1S/C60H42N8/c1-5-17-45(18-6-1)57-59(65-39-15-13-25-55(65)63-57)53-41-51(35-37-61-53)67(47-21-9-3-10-22-47)49-31-27-43(28-32-49)44-29-33-50(34-30-44)68(48-23-11-4-12-24-48)52-36-38-62-54(42-52)60-58(46-19-7-2-8-20-46)64-56-26-14-16-40-66(56)60/h1-42H. The van der Waals surface area contributed by atoms with Crippen LogP contribution in [0.25, 0.3) is 67.7 Å². The van der Waals surface area contributed by atoms with Crippen LogP contribution >= 0.6 is 0 Å². The number of hydrogen-bond acceptors (Lipinski definition) is 6. The van der Waals surface area contributed by atoms with E-state index in [0.717, 1.165) is 102 Å². The van der Waals surface area contributed by atoms with E-state index in [-0.39, 0.29) is 0 Å². The number of rotatable bonds is 11. The van der Waals surface area contributed by atoms with Crippen molar-refractivity contribution in [1.29, 1.82) is 0 Å². The number of benzene rings is 6. The summed E-state index contributed by atoms with van der Waals surface area (Å²) < 4.78 is 4.25. The summed E-state index contributed by atoms with van der Waals surface area (Å²) in [5.41, 5.74) is 17.5. The summed E-state index contributed by atoms with van der Waals surface area (Å²) in [5, 5.41) is 0. The van der Waals surface area contributed by atoms with Gasteiger partial charge in [0.05, 0.1) is 34.2 Å². The Hall–Kier alpha value is -9.40. The Morgan fingerprint density at radius 1 is 0.294 bits per heavy atom. The number of aromatic nitrogens is 6. The summed E-state index contributed by atoms with van der Waals surface area (Å²) in [7, 11) is 0. The largest absolute Gasteiger partial charge is 0.310 e. The molecule has 0 aliphatic carbocycles. The molecule has 0 bridgehead atoms. The SMILES string of the molecule is c1ccc(-c2nc3ccccn3c2-c2cc(N(c3ccccc3)c3ccc(-c4ccc(N(c5ccccc5)c5ccnc(-c6c(-c7ccccc7)nc7ccccn67)c5)cc4)cc3)ccn2)cc1. The minimum Gasteiger partial charge on any atom is -0.310 e. The van der Waals surface area contributed by atoms with Crippen LogP contribution in [0.2, 0.25) is 0 Å². The number of hydrogen-bond donors (Lipinski definition) is 0. The van der Waals surface area contributed by atoms with Crippen molar-refractivity contribution in [3.63, 3.8) is 0 Å². The van der Waals surface area contributed by atoms with Crippen molar-refractivity contribution in [2.45, 2.75) is 0 Å². The molecule has 0 saturated heterocycles. The zero-order valence-corrected chi connectivity index (χ0v) is 36.8. The number of para-hydroxylation sites is 2. The van der Waals surface area contributed by atoms with Crippen LogP contribution in [0.4, 0.5) is 34.1 Å². The van der Waals surface area contributed by atoms with Crippen molar-refractivity contribution in [3.05, 3.63) is 255 Å². The number of imidazole rings is 2. The molecule has 322 valence electrons. The van der Waals surface area contributed by atoms with Crippen LogP contribution in [0.5, 0.6) is 0 Å². The lowest BCUT2D eigenvalue weighted by Crippen LogP contribution is -2.10. The van der Waals surface area contributed by atoms with Crippen molar-refractivity contribution >= 4 is 45.4 Å². The molecule has 0 radical (unpaired) electrons. The highest BCUT2D eigenvalue weighted by Gasteiger charge is 2.22. The van der Waals surface area contributed by atoms with Crippen molar-refractivity contribution in [1.82, 2.24) is 28.7 Å². The average Bonchev–Trinajstić information content (AvgIpc) is 4.01. The maximum Gasteiger partial charge on any atom is 0.137 e. The monoisotopic (exact) mass is 874 g/mol. The Balaban J connectivity index is 0.885. The van der Waals surface area contributed by atoms with E-state index in [2.05, 4.69) is 177 Å². The molecule has 6 aromatic carbocycles. The van der Waals surface area contributed by atoms with Gasteiger partial charge in [-0.3, -0.25) is 18.8 Å². The second-order valence-electron chi connectivity index (χ2n) is 16.4. The van der Waals surface area contributed by atoms with E-state index in [1.807, 2.05) is 97.3 Å². The molecule has 0 N–H and O–H groups in total. The van der Waals surface area contributed by atoms with Gasteiger partial charge < -0.3 is 9.80 Å². The molecule has 68 heavy (non-hydrogen) atoms. The zero-order chi connectivity index (χ0) is 45.2. The maximum absolute atomic E-state index is 5.07. The summed E-state index contributed by atoms with van der Waals surface area (Å²) in [6, 6.07) is 79.8. The van der Waals surface area contributed by atoms with Gasteiger partial charge in [0.1, 0.15) is 11.3 Å². The number of anilines is 6. The predicted molar refractivity (Wildman–Crippen MR) is 276 cm³/mol. The fourth-order valence-corrected chi connectivity index (χ4v) is 9.11. The summed E-state index contributed by atoms with van der Waals surface area (Å²) in [4.78, 5) is 24.6. The highest BCUT2D eigenvalue weighted by molar-refractivity contribution is 5.87. The Kier molecular flexibility index (Phi) is 10.3. The fraction of sp³-hybridized carbons (Fsp3) is 0. The first-order valence-corrected chi connectivity index (χ1v) is 22.6. The van der Waals surface area contributed by atoms with E-state index in [1.54, 1.807) is 0 Å². The van der Waals surface area contributed by atoms with Gasteiger partial charge in [0.15, 0.2) is 0 Å². The van der Waals surface area contributed by atoms with Gasteiger partial charge in [0, 0.05) is 70.0 Å². The normalized spacial score (nSPS) is 11.2. The van der Waals surface area contributed by atoms with Crippen molar-refractivity contribution in [2.75, 3.05) is 9.80 Å². The molecule has 0 aliphatic rings. The average molecular weight is 875 g/mol. The Labute approximate surface area is 394 Å². The highest BCUT2D eigenvalue weighted by atomic mass is 15.2. The smallest absolute Gasteiger partial charge is 0.137 e. The Morgan fingerprint density at radius 2 is 0.647 bits per heavy atom. The van der Waals surface area contributed by atoms with E-state index in [0.29, 0.717) is 0 Å².